The fourth-order valence-electron chi connectivity index (χ4n) is 1.66. The molecule has 0 saturated heterocycles. The molecular weight excluding hydrogens is 256 g/mol. The number of nitrogens with zero attached hydrogens (tertiary/aromatic N) is 2. The van der Waals surface area contributed by atoms with E-state index in [9.17, 15) is 4.79 Å². The molecule has 1 aliphatic heterocycles. The van der Waals surface area contributed by atoms with Crippen LogP contribution >= 0.6 is 0 Å². The fraction of sp³-hybridized carbons (Fsp3) is 0.556. The molecule has 2 unspecified atom stereocenters. The number of hydrogen-bond acceptors (Lipinski definition) is 9. The number of aromatic nitrogens is 2. The Balaban J connectivity index is 2.09. The van der Waals surface area contributed by atoms with Gasteiger partial charge in [0.05, 0.1) is 13.2 Å². The number of rotatable bonds is 5. The van der Waals surface area contributed by atoms with Crippen molar-refractivity contribution in [1.29, 1.82) is 0 Å². The maximum atomic E-state index is 11.6. The number of aromatic amines is 1. The summed E-state index contributed by atoms with van der Waals surface area (Å²) < 4.78 is 5.18. The van der Waals surface area contributed by atoms with E-state index in [1.54, 1.807) is 0 Å². The molecule has 1 aromatic heterocycles. The summed E-state index contributed by atoms with van der Waals surface area (Å²) in [6.07, 6.45) is -1.65. The Morgan fingerprint density at radius 2 is 2.32 bits per heavy atom. The topological polar surface area (TPSA) is 163 Å². The summed E-state index contributed by atoms with van der Waals surface area (Å²) in [7, 11) is 0. The minimum atomic E-state index is -0.969. The van der Waals surface area contributed by atoms with Gasteiger partial charge in [-0.15, -0.1) is 0 Å². The van der Waals surface area contributed by atoms with Crippen LogP contribution in [0.5, 0.6) is 0 Å². The minimum Gasteiger partial charge on any atom is -0.394 e. The Morgan fingerprint density at radius 1 is 1.58 bits per heavy atom. The molecule has 2 heterocycles. The number of aliphatic hydroxyl groups excluding tert-OH is 2. The van der Waals surface area contributed by atoms with E-state index in [1.165, 1.54) is 4.90 Å². The molecule has 19 heavy (non-hydrogen) atoms. The van der Waals surface area contributed by atoms with Crippen molar-refractivity contribution >= 4 is 17.5 Å². The quantitative estimate of drug-likeness (QED) is 0.331. The van der Waals surface area contributed by atoms with Gasteiger partial charge in [0.15, 0.2) is 12.1 Å². The number of hydrogen-bond donors (Lipinski definition) is 6. The van der Waals surface area contributed by atoms with Crippen LogP contribution < -0.4 is 27.2 Å². The summed E-state index contributed by atoms with van der Waals surface area (Å²) in [5.74, 6) is 0.257. The van der Waals surface area contributed by atoms with Crippen molar-refractivity contribution in [1.82, 2.24) is 9.97 Å². The number of nitrogens with one attached hydrogen (secondary N) is 2. The van der Waals surface area contributed by atoms with E-state index < -0.39 is 24.6 Å². The normalized spacial score (nSPS) is 19.1. The highest BCUT2D eigenvalue weighted by molar-refractivity contribution is 5.71. The summed E-state index contributed by atoms with van der Waals surface area (Å²) in [5, 5.41) is 20.5. The van der Waals surface area contributed by atoms with Crippen molar-refractivity contribution in [3.05, 3.63) is 10.4 Å². The third-order valence-electron chi connectivity index (χ3n) is 2.57. The molecule has 0 aliphatic carbocycles. The van der Waals surface area contributed by atoms with Crippen molar-refractivity contribution in [3.63, 3.8) is 0 Å². The second-order valence-corrected chi connectivity index (χ2v) is 4.05. The zero-order chi connectivity index (χ0) is 14.0. The molecule has 0 fully saturated rings. The molecule has 10 heteroatoms. The summed E-state index contributed by atoms with van der Waals surface area (Å²) in [6.45, 7) is -0.465. The van der Waals surface area contributed by atoms with Gasteiger partial charge in [0, 0.05) is 0 Å². The van der Waals surface area contributed by atoms with Crippen LogP contribution in [0.1, 0.15) is 0 Å². The average Bonchev–Trinajstić information content (AvgIpc) is 2.67. The number of nitrogen functional groups attached to an aromatic ring is 1. The Kier molecular flexibility index (Phi) is 3.85. The highest BCUT2D eigenvalue weighted by Gasteiger charge is 2.30. The zero-order valence-electron chi connectivity index (χ0n) is 10.0. The number of nitrogens with two attached hydrogens (primary N) is 2. The highest BCUT2D eigenvalue weighted by Crippen LogP contribution is 2.27. The zero-order valence-corrected chi connectivity index (χ0v) is 10.0. The van der Waals surface area contributed by atoms with Crippen molar-refractivity contribution < 1.29 is 14.9 Å². The molecule has 0 aromatic carbocycles. The van der Waals surface area contributed by atoms with Crippen molar-refractivity contribution in [2.75, 3.05) is 35.9 Å². The van der Waals surface area contributed by atoms with Gasteiger partial charge in [-0.1, -0.05) is 0 Å². The summed E-state index contributed by atoms with van der Waals surface area (Å²) in [4.78, 5) is 19.4. The lowest BCUT2D eigenvalue weighted by molar-refractivity contribution is 0.00572. The molecule has 1 aromatic rings. The van der Waals surface area contributed by atoms with Crippen LogP contribution in [-0.4, -0.2) is 52.5 Å². The lowest BCUT2D eigenvalue weighted by Crippen LogP contribution is -2.45. The van der Waals surface area contributed by atoms with E-state index in [0.717, 1.165) is 0 Å². The predicted molar refractivity (Wildman–Crippen MR) is 67.3 cm³/mol. The lowest BCUT2D eigenvalue weighted by Gasteiger charge is -2.22. The minimum absolute atomic E-state index is 0.00583. The smallest absolute Gasteiger partial charge is 0.277 e. The summed E-state index contributed by atoms with van der Waals surface area (Å²) >= 11 is 0. The third-order valence-corrected chi connectivity index (χ3v) is 2.57. The molecule has 106 valence electrons. The molecule has 8 N–H and O–H groups in total. The fourth-order valence-corrected chi connectivity index (χ4v) is 1.66. The molecule has 0 spiro atoms. The van der Waals surface area contributed by atoms with Crippen LogP contribution in [0.25, 0.3) is 0 Å². The Hall–Kier alpha value is -1.88. The second kappa shape index (κ2) is 5.40. The van der Waals surface area contributed by atoms with Crippen molar-refractivity contribution in [3.8, 4) is 0 Å². The van der Waals surface area contributed by atoms with Gasteiger partial charge in [0.1, 0.15) is 18.5 Å². The molecule has 0 saturated carbocycles. The molecule has 0 radical (unpaired) electrons. The van der Waals surface area contributed by atoms with Crippen LogP contribution in [0.2, 0.25) is 0 Å². The number of fused-ring (bicyclic) bond motifs is 1. The van der Waals surface area contributed by atoms with Crippen LogP contribution in [0.15, 0.2) is 4.79 Å². The van der Waals surface area contributed by atoms with Gasteiger partial charge in [-0.3, -0.25) is 20.4 Å². The van der Waals surface area contributed by atoms with E-state index >= 15 is 0 Å². The van der Waals surface area contributed by atoms with E-state index in [0.29, 0.717) is 0 Å². The maximum Gasteiger partial charge on any atom is 0.277 e. The Morgan fingerprint density at radius 3 is 3.00 bits per heavy atom. The molecular formula is C9H16N6O4. The van der Waals surface area contributed by atoms with E-state index in [1.807, 2.05) is 0 Å². The molecule has 0 amide bonds. The molecule has 10 nitrogen and oxygen atoms in total. The third kappa shape index (κ3) is 2.76. The van der Waals surface area contributed by atoms with Crippen LogP contribution in [0, 0.1) is 0 Å². The molecule has 2 rings (SSSR count). The SMILES string of the molecule is Nc1nc2c(c(=O)[nH]1)NC(N)N2COCC(O)CO. The lowest BCUT2D eigenvalue weighted by atomic mass is 10.4. The summed E-state index contributed by atoms with van der Waals surface area (Å²) in [5.41, 5.74) is 11.0. The Labute approximate surface area is 108 Å². The van der Waals surface area contributed by atoms with Gasteiger partial charge in [0.2, 0.25) is 5.95 Å². The van der Waals surface area contributed by atoms with Crippen LogP contribution in [-0.2, 0) is 4.74 Å². The van der Waals surface area contributed by atoms with Crippen molar-refractivity contribution in [2.45, 2.75) is 12.4 Å². The first-order chi connectivity index (χ1) is 9.02. The number of ether oxygens (including phenoxy) is 1. The second-order valence-electron chi connectivity index (χ2n) is 4.05. The van der Waals surface area contributed by atoms with Gasteiger partial charge in [-0.05, 0) is 0 Å². The molecule has 1 aliphatic rings. The van der Waals surface area contributed by atoms with Gasteiger partial charge in [-0.25, -0.2) is 0 Å². The van der Waals surface area contributed by atoms with Crippen molar-refractivity contribution in [2.24, 2.45) is 5.73 Å². The standard InChI is InChI=1S/C9H16N6O4/c10-8-13-6-5(7(18)14-8)12-9(11)15(6)3-19-2-4(17)1-16/h4,9,12,16-17H,1-3,11H2,(H3,10,13,14,18). The number of anilines is 3. The highest BCUT2D eigenvalue weighted by atomic mass is 16.5. The van der Waals surface area contributed by atoms with Crippen LogP contribution in [0.4, 0.5) is 17.5 Å². The molecule has 0 bridgehead atoms. The monoisotopic (exact) mass is 272 g/mol. The predicted octanol–water partition coefficient (Wildman–Crippen LogP) is -2.85. The first kappa shape index (κ1) is 13.5. The van der Waals surface area contributed by atoms with E-state index in [2.05, 4.69) is 15.3 Å². The van der Waals surface area contributed by atoms with Gasteiger partial charge >= 0.3 is 0 Å². The number of aliphatic hydroxyl groups is 2. The average molecular weight is 272 g/mol. The van der Waals surface area contributed by atoms with Gasteiger partial charge in [-0.2, -0.15) is 4.98 Å². The Bertz CT molecular complexity index is 506. The van der Waals surface area contributed by atoms with E-state index in [4.69, 9.17) is 26.4 Å². The first-order valence-corrected chi connectivity index (χ1v) is 5.58. The first-order valence-electron chi connectivity index (χ1n) is 5.58. The molecule has 2 atom stereocenters. The van der Waals surface area contributed by atoms with Gasteiger partial charge < -0.3 is 26.0 Å². The van der Waals surface area contributed by atoms with E-state index in [-0.39, 0.29) is 30.8 Å². The van der Waals surface area contributed by atoms with Gasteiger partial charge in [0.25, 0.3) is 5.56 Å². The summed E-state index contributed by atoms with van der Waals surface area (Å²) in [6, 6.07) is 0. The maximum absolute atomic E-state index is 11.6. The van der Waals surface area contributed by atoms with Crippen LogP contribution in [0.3, 0.4) is 0 Å². The largest absolute Gasteiger partial charge is 0.394 e. The number of H-pyrrole nitrogens is 1.